The van der Waals surface area contributed by atoms with E-state index in [1.165, 1.54) is 17.4 Å². The van der Waals surface area contributed by atoms with E-state index in [-0.39, 0.29) is 12.0 Å². The first-order valence-corrected chi connectivity index (χ1v) is 8.62. The minimum absolute atomic E-state index is 0.164. The summed E-state index contributed by atoms with van der Waals surface area (Å²) in [5, 5.41) is 11.7. The minimum Gasteiger partial charge on any atom is -0.493 e. The molecule has 1 atom stereocenters. The van der Waals surface area contributed by atoms with Crippen LogP contribution in [-0.4, -0.2) is 28.8 Å². The number of nitrogens with one attached hydrogen (secondary N) is 1. The maximum absolute atomic E-state index is 12.0. The van der Waals surface area contributed by atoms with Crippen LogP contribution in [-0.2, 0) is 11.2 Å². The van der Waals surface area contributed by atoms with E-state index in [0.717, 1.165) is 34.1 Å². The summed E-state index contributed by atoms with van der Waals surface area (Å²) in [5.41, 5.74) is 1.95. The summed E-state index contributed by atoms with van der Waals surface area (Å²) in [6, 6.07) is 3.91. The van der Waals surface area contributed by atoms with Crippen molar-refractivity contribution >= 4 is 28.5 Å². The zero-order valence-electron chi connectivity index (χ0n) is 13.8. The number of carbonyl (C=O) groups is 1. The highest BCUT2D eigenvalue weighted by Crippen LogP contribution is 2.35. The molecule has 0 saturated heterocycles. The second-order valence-electron chi connectivity index (χ2n) is 5.51. The zero-order valence-corrected chi connectivity index (χ0v) is 14.6. The van der Waals surface area contributed by atoms with Crippen molar-refractivity contribution in [2.45, 2.75) is 33.3 Å². The number of hydrogen-bond acceptors (Lipinski definition) is 6. The first-order valence-electron chi connectivity index (χ1n) is 7.80. The number of fused-ring (bicyclic) bond motifs is 1. The number of anilines is 1. The summed E-state index contributed by atoms with van der Waals surface area (Å²) in [4.78, 5) is 12.0. The largest absolute Gasteiger partial charge is 0.493 e. The van der Waals surface area contributed by atoms with Gasteiger partial charge in [0.2, 0.25) is 11.0 Å². The lowest BCUT2D eigenvalue weighted by molar-refractivity contribution is -0.111. The van der Waals surface area contributed by atoms with E-state index >= 15 is 0 Å². The molecule has 24 heavy (non-hydrogen) atoms. The molecule has 6 nitrogen and oxygen atoms in total. The van der Waals surface area contributed by atoms with Gasteiger partial charge in [-0.1, -0.05) is 11.3 Å². The summed E-state index contributed by atoms with van der Waals surface area (Å²) in [5.74, 6) is 1.35. The van der Waals surface area contributed by atoms with E-state index in [0.29, 0.717) is 11.7 Å². The molecule has 1 unspecified atom stereocenters. The van der Waals surface area contributed by atoms with Crippen LogP contribution in [0.1, 0.15) is 30.0 Å². The second kappa shape index (κ2) is 7.00. The maximum Gasteiger partial charge on any atom is 0.250 e. The van der Waals surface area contributed by atoms with Crippen LogP contribution in [0.2, 0.25) is 0 Å². The zero-order chi connectivity index (χ0) is 17.1. The van der Waals surface area contributed by atoms with E-state index in [1.54, 1.807) is 6.08 Å². The Balaban J connectivity index is 1.78. The molecular formula is C17H19N3O3S. The van der Waals surface area contributed by atoms with Gasteiger partial charge in [-0.2, -0.15) is 0 Å². The monoisotopic (exact) mass is 345 g/mol. The van der Waals surface area contributed by atoms with Crippen LogP contribution in [0.4, 0.5) is 5.13 Å². The van der Waals surface area contributed by atoms with Crippen molar-refractivity contribution < 1.29 is 14.3 Å². The molecule has 0 radical (unpaired) electrons. The topological polar surface area (TPSA) is 73.3 Å². The van der Waals surface area contributed by atoms with E-state index in [2.05, 4.69) is 15.5 Å². The van der Waals surface area contributed by atoms with Crippen molar-refractivity contribution in [2.75, 3.05) is 11.9 Å². The van der Waals surface area contributed by atoms with Crippen LogP contribution in [0.5, 0.6) is 11.5 Å². The number of amides is 1. The van der Waals surface area contributed by atoms with Gasteiger partial charge in [0, 0.05) is 23.6 Å². The lowest BCUT2D eigenvalue weighted by Gasteiger charge is -2.10. The molecule has 1 aromatic heterocycles. The van der Waals surface area contributed by atoms with Gasteiger partial charge >= 0.3 is 0 Å². The number of benzene rings is 1. The van der Waals surface area contributed by atoms with Gasteiger partial charge in [-0.3, -0.25) is 10.1 Å². The van der Waals surface area contributed by atoms with Gasteiger partial charge < -0.3 is 9.47 Å². The highest BCUT2D eigenvalue weighted by Gasteiger charge is 2.21. The lowest BCUT2D eigenvalue weighted by Crippen LogP contribution is -2.07. The van der Waals surface area contributed by atoms with E-state index in [1.807, 2.05) is 32.9 Å². The van der Waals surface area contributed by atoms with E-state index in [4.69, 9.17) is 9.47 Å². The first kappa shape index (κ1) is 16.4. The molecule has 2 aromatic rings. The van der Waals surface area contributed by atoms with Gasteiger partial charge in [0.1, 0.15) is 22.6 Å². The Labute approximate surface area is 144 Å². The number of ether oxygens (including phenoxy) is 2. The minimum atomic E-state index is -0.261. The molecule has 126 valence electrons. The Hall–Kier alpha value is -2.41. The SMILES string of the molecule is CCOc1cc2c(cc1C=CC(=O)Nc1nnc(C)s1)OC(C)C2. The Morgan fingerprint density at radius 1 is 1.50 bits per heavy atom. The number of nitrogens with zero attached hydrogens (tertiary/aromatic N) is 2. The molecule has 3 rings (SSSR count). The average Bonchev–Trinajstić information content (AvgIpc) is 3.09. The van der Waals surface area contributed by atoms with Crippen molar-refractivity contribution in [2.24, 2.45) is 0 Å². The molecule has 0 fully saturated rings. The third kappa shape index (κ3) is 3.73. The molecule has 0 saturated carbocycles. The quantitative estimate of drug-likeness (QED) is 0.842. The summed E-state index contributed by atoms with van der Waals surface area (Å²) < 4.78 is 11.5. The van der Waals surface area contributed by atoms with Gasteiger partial charge in [0.25, 0.3) is 0 Å². The lowest BCUT2D eigenvalue weighted by atomic mass is 10.1. The fourth-order valence-electron chi connectivity index (χ4n) is 2.53. The van der Waals surface area contributed by atoms with Crippen molar-refractivity contribution in [1.29, 1.82) is 0 Å². The Kier molecular flexibility index (Phi) is 4.80. The van der Waals surface area contributed by atoms with Gasteiger partial charge in [-0.05, 0) is 39.0 Å². The van der Waals surface area contributed by atoms with Gasteiger partial charge in [-0.25, -0.2) is 0 Å². The summed E-state index contributed by atoms with van der Waals surface area (Å²) in [6.07, 6.45) is 4.22. The number of rotatable bonds is 5. The van der Waals surface area contributed by atoms with Crippen molar-refractivity contribution in [3.63, 3.8) is 0 Å². The summed E-state index contributed by atoms with van der Waals surface area (Å²) >= 11 is 1.33. The third-order valence-corrected chi connectivity index (χ3v) is 4.25. The third-order valence-electron chi connectivity index (χ3n) is 3.50. The summed E-state index contributed by atoms with van der Waals surface area (Å²) in [6.45, 7) is 6.37. The molecular weight excluding hydrogens is 326 g/mol. The van der Waals surface area contributed by atoms with Gasteiger partial charge in [-0.15, -0.1) is 10.2 Å². The van der Waals surface area contributed by atoms with Gasteiger partial charge in [0.15, 0.2) is 0 Å². The van der Waals surface area contributed by atoms with Crippen molar-refractivity contribution in [3.8, 4) is 11.5 Å². The number of aromatic nitrogens is 2. The van der Waals surface area contributed by atoms with Crippen LogP contribution < -0.4 is 14.8 Å². The Morgan fingerprint density at radius 3 is 3.04 bits per heavy atom. The molecule has 1 amide bonds. The van der Waals surface area contributed by atoms with E-state index < -0.39 is 0 Å². The molecule has 0 aliphatic carbocycles. The normalized spacial score (nSPS) is 16.0. The Morgan fingerprint density at radius 2 is 2.33 bits per heavy atom. The van der Waals surface area contributed by atoms with Crippen LogP contribution in [0.15, 0.2) is 18.2 Å². The fourth-order valence-corrected chi connectivity index (χ4v) is 3.12. The predicted octanol–water partition coefficient (Wildman–Crippen LogP) is 3.22. The van der Waals surface area contributed by atoms with E-state index in [9.17, 15) is 4.79 Å². The highest BCUT2D eigenvalue weighted by atomic mass is 32.1. The molecule has 0 spiro atoms. The van der Waals surface area contributed by atoms with Crippen LogP contribution in [0, 0.1) is 6.92 Å². The molecule has 7 heteroatoms. The highest BCUT2D eigenvalue weighted by molar-refractivity contribution is 7.15. The van der Waals surface area contributed by atoms with Crippen LogP contribution in [0.25, 0.3) is 6.08 Å². The van der Waals surface area contributed by atoms with Gasteiger partial charge in [0.05, 0.1) is 6.61 Å². The predicted molar refractivity (Wildman–Crippen MR) is 93.7 cm³/mol. The Bertz CT molecular complexity index is 785. The number of carbonyl (C=O) groups excluding carboxylic acids is 1. The van der Waals surface area contributed by atoms with Crippen LogP contribution in [0.3, 0.4) is 0 Å². The van der Waals surface area contributed by atoms with Crippen molar-refractivity contribution in [3.05, 3.63) is 34.3 Å². The first-order chi connectivity index (χ1) is 11.5. The molecule has 1 N–H and O–H groups in total. The standard InChI is InChI=1S/C17H19N3O3S/c1-4-22-14-9-13-7-10(2)23-15(13)8-12(14)5-6-16(21)18-17-20-19-11(3)24-17/h5-6,8-10H,4,7H2,1-3H3,(H,18,20,21). The molecule has 1 aliphatic heterocycles. The molecule has 1 aliphatic rings. The number of hydrogen-bond donors (Lipinski definition) is 1. The van der Waals surface area contributed by atoms with Crippen molar-refractivity contribution in [1.82, 2.24) is 10.2 Å². The average molecular weight is 345 g/mol. The maximum atomic E-state index is 12.0. The molecule has 1 aromatic carbocycles. The fraction of sp³-hybridized carbons (Fsp3) is 0.353. The number of aryl methyl sites for hydroxylation is 1. The van der Waals surface area contributed by atoms with Crippen LogP contribution >= 0.6 is 11.3 Å². The smallest absolute Gasteiger partial charge is 0.250 e. The summed E-state index contributed by atoms with van der Waals surface area (Å²) in [7, 11) is 0. The molecule has 0 bridgehead atoms. The molecule has 2 heterocycles. The second-order valence-corrected chi connectivity index (χ2v) is 6.69.